The number of nitrogens with zero attached hydrogens (tertiary/aromatic N) is 1. The van der Waals surface area contributed by atoms with Crippen molar-refractivity contribution in [1.82, 2.24) is 4.90 Å². The summed E-state index contributed by atoms with van der Waals surface area (Å²) in [5.74, 6) is 0. The number of aryl methyl sites for hydroxylation is 1. The Kier molecular flexibility index (Phi) is 4.62. The van der Waals surface area contributed by atoms with Gasteiger partial charge in [0, 0.05) is 24.3 Å². The first-order valence-corrected chi connectivity index (χ1v) is 8.46. The molecule has 1 fully saturated rings. The van der Waals surface area contributed by atoms with E-state index in [4.69, 9.17) is 0 Å². The average Bonchev–Trinajstić information content (AvgIpc) is 2.71. The normalized spacial score (nSPS) is 27.4. The summed E-state index contributed by atoms with van der Waals surface area (Å²) in [6, 6.07) is 10.4. The highest BCUT2D eigenvalue weighted by atomic mass is 15.2. The van der Waals surface area contributed by atoms with E-state index in [1.54, 1.807) is 0 Å². The Morgan fingerprint density at radius 2 is 2.10 bits per heavy atom. The zero-order valence-electron chi connectivity index (χ0n) is 12.8. The van der Waals surface area contributed by atoms with Crippen molar-refractivity contribution in [2.75, 3.05) is 18.4 Å². The van der Waals surface area contributed by atoms with E-state index >= 15 is 0 Å². The van der Waals surface area contributed by atoms with Crippen molar-refractivity contribution in [1.29, 1.82) is 0 Å². The second kappa shape index (κ2) is 6.62. The molecule has 2 nitrogen and oxygen atoms in total. The lowest BCUT2D eigenvalue weighted by atomic mass is 9.94. The first-order chi connectivity index (χ1) is 9.88. The maximum Gasteiger partial charge on any atom is 0.0373 e. The van der Waals surface area contributed by atoms with Gasteiger partial charge in [-0.1, -0.05) is 38.0 Å². The van der Waals surface area contributed by atoms with Gasteiger partial charge in [0.05, 0.1) is 0 Å². The van der Waals surface area contributed by atoms with Crippen LogP contribution in [0.5, 0.6) is 0 Å². The van der Waals surface area contributed by atoms with Gasteiger partial charge in [-0.15, -0.1) is 0 Å². The number of hydrogen-bond donors (Lipinski definition) is 1. The number of likely N-dealkylation sites (tertiary alicyclic amines) is 1. The Labute approximate surface area is 123 Å². The van der Waals surface area contributed by atoms with Crippen molar-refractivity contribution in [3.63, 3.8) is 0 Å². The summed E-state index contributed by atoms with van der Waals surface area (Å²) < 4.78 is 0. The Balaban J connectivity index is 1.69. The maximum atomic E-state index is 3.69. The molecular weight excluding hydrogens is 244 g/mol. The third-order valence-electron chi connectivity index (χ3n) is 5.06. The molecule has 1 saturated heterocycles. The predicted octanol–water partition coefficient (Wildman–Crippen LogP) is 4.07. The molecule has 1 N–H and O–H groups in total. The van der Waals surface area contributed by atoms with Gasteiger partial charge in [0.15, 0.2) is 0 Å². The molecule has 1 aromatic rings. The van der Waals surface area contributed by atoms with Crippen LogP contribution in [0.2, 0.25) is 0 Å². The molecule has 2 unspecified atom stereocenters. The first kappa shape index (κ1) is 13.9. The molecule has 2 aliphatic heterocycles. The molecule has 1 aromatic carbocycles. The van der Waals surface area contributed by atoms with Crippen LogP contribution in [0.15, 0.2) is 24.3 Å². The molecule has 2 aliphatic rings. The summed E-state index contributed by atoms with van der Waals surface area (Å²) in [5, 5.41) is 3.69. The molecule has 0 aromatic heterocycles. The number of benzene rings is 1. The Hall–Kier alpha value is -1.02. The van der Waals surface area contributed by atoms with E-state index in [0.29, 0.717) is 0 Å². The Morgan fingerprint density at radius 3 is 3.00 bits per heavy atom. The lowest BCUT2D eigenvalue weighted by Crippen LogP contribution is -2.48. The molecule has 2 heteroatoms. The fraction of sp³-hybridized carbons (Fsp3) is 0.667. The van der Waals surface area contributed by atoms with Gasteiger partial charge in [-0.05, 0) is 50.3 Å². The summed E-state index contributed by atoms with van der Waals surface area (Å²) in [6.45, 7) is 4.76. The predicted molar refractivity (Wildman–Crippen MR) is 86.3 cm³/mol. The monoisotopic (exact) mass is 272 g/mol. The van der Waals surface area contributed by atoms with Crippen LogP contribution in [0, 0.1) is 0 Å². The summed E-state index contributed by atoms with van der Waals surface area (Å²) in [5.41, 5.74) is 2.86. The average molecular weight is 272 g/mol. The van der Waals surface area contributed by atoms with Gasteiger partial charge in [0.2, 0.25) is 0 Å². The number of anilines is 1. The molecular formula is C18H28N2. The van der Waals surface area contributed by atoms with Crippen molar-refractivity contribution in [3.05, 3.63) is 29.8 Å². The fourth-order valence-electron chi connectivity index (χ4n) is 3.99. The van der Waals surface area contributed by atoms with Crippen LogP contribution in [0.25, 0.3) is 0 Å². The largest absolute Gasteiger partial charge is 0.383 e. The Bertz CT molecular complexity index is 400. The minimum absolute atomic E-state index is 0.722. The number of rotatable bonds is 3. The van der Waals surface area contributed by atoms with Gasteiger partial charge in [-0.3, -0.25) is 4.90 Å². The van der Waals surface area contributed by atoms with Crippen molar-refractivity contribution in [2.45, 2.75) is 64.0 Å². The van der Waals surface area contributed by atoms with Crippen LogP contribution >= 0.6 is 0 Å². The second-order valence-corrected chi connectivity index (χ2v) is 6.41. The van der Waals surface area contributed by atoms with E-state index in [1.807, 2.05) is 0 Å². The summed E-state index contributed by atoms with van der Waals surface area (Å²) in [6.07, 6.45) is 9.47. The smallest absolute Gasteiger partial charge is 0.0373 e. The highest BCUT2D eigenvalue weighted by molar-refractivity contribution is 5.52. The molecule has 20 heavy (non-hydrogen) atoms. The SMILES string of the molecule is CCCC1CCCCN1C1CCc2ccccc2NC1. The maximum absolute atomic E-state index is 3.69. The van der Waals surface area contributed by atoms with E-state index in [-0.39, 0.29) is 0 Å². The number of fused-ring (bicyclic) bond motifs is 1. The van der Waals surface area contributed by atoms with Gasteiger partial charge in [0.1, 0.15) is 0 Å². The molecule has 3 rings (SSSR count). The minimum Gasteiger partial charge on any atom is -0.383 e. The molecule has 0 amide bonds. The van der Waals surface area contributed by atoms with Gasteiger partial charge in [-0.25, -0.2) is 0 Å². The zero-order valence-corrected chi connectivity index (χ0v) is 12.8. The van der Waals surface area contributed by atoms with E-state index < -0.39 is 0 Å². The molecule has 0 aliphatic carbocycles. The lowest BCUT2D eigenvalue weighted by Gasteiger charge is -2.41. The van der Waals surface area contributed by atoms with Crippen molar-refractivity contribution < 1.29 is 0 Å². The molecule has 2 heterocycles. The summed E-state index contributed by atoms with van der Waals surface area (Å²) >= 11 is 0. The Morgan fingerprint density at radius 1 is 1.20 bits per heavy atom. The van der Waals surface area contributed by atoms with Crippen LogP contribution in [-0.4, -0.2) is 30.1 Å². The van der Waals surface area contributed by atoms with Gasteiger partial charge in [0.25, 0.3) is 0 Å². The van der Waals surface area contributed by atoms with Crippen molar-refractivity contribution in [2.24, 2.45) is 0 Å². The van der Waals surface area contributed by atoms with Gasteiger partial charge < -0.3 is 5.32 Å². The van der Waals surface area contributed by atoms with Crippen LogP contribution in [0.3, 0.4) is 0 Å². The molecule has 2 atom stereocenters. The number of para-hydroxylation sites is 1. The molecule has 0 bridgehead atoms. The van der Waals surface area contributed by atoms with E-state index in [2.05, 4.69) is 41.4 Å². The van der Waals surface area contributed by atoms with Crippen LogP contribution in [-0.2, 0) is 6.42 Å². The molecule has 110 valence electrons. The summed E-state index contributed by atoms with van der Waals surface area (Å²) in [4.78, 5) is 2.83. The molecule has 0 radical (unpaired) electrons. The number of piperidine rings is 1. The second-order valence-electron chi connectivity index (χ2n) is 6.41. The number of nitrogens with one attached hydrogen (secondary N) is 1. The third kappa shape index (κ3) is 3.01. The van der Waals surface area contributed by atoms with Gasteiger partial charge >= 0.3 is 0 Å². The quantitative estimate of drug-likeness (QED) is 0.892. The van der Waals surface area contributed by atoms with Crippen LogP contribution < -0.4 is 5.32 Å². The molecule has 0 spiro atoms. The van der Waals surface area contributed by atoms with Crippen LogP contribution in [0.4, 0.5) is 5.69 Å². The fourth-order valence-corrected chi connectivity index (χ4v) is 3.99. The van der Waals surface area contributed by atoms with Gasteiger partial charge in [-0.2, -0.15) is 0 Å². The first-order valence-electron chi connectivity index (χ1n) is 8.46. The highest BCUT2D eigenvalue weighted by Crippen LogP contribution is 2.28. The third-order valence-corrected chi connectivity index (χ3v) is 5.06. The van der Waals surface area contributed by atoms with E-state index in [1.165, 1.54) is 62.7 Å². The van der Waals surface area contributed by atoms with E-state index in [0.717, 1.165) is 18.6 Å². The van der Waals surface area contributed by atoms with Crippen molar-refractivity contribution in [3.8, 4) is 0 Å². The standard InChI is InChI=1S/C18H28N2/c1-2-7-16-9-5-6-13-20(16)17-12-11-15-8-3-4-10-18(15)19-14-17/h3-4,8,10,16-17,19H,2,5-7,9,11-14H2,1H3. The lowest BCUT2D eigenvalue weighted by molar-refractivity contribution is 0.0898. The van der Waals surface area contributed by atoms with E-state index in [9.17, 15) is 0 Å². The van der Waals surface area contributed by atoms with Crippen LogP contribution in [0.1, 0.15) is 51.0 Å². The van der Waals surface area contributed by atoms with Crippen molar-refractivity contribution >= 4 is 5.69 Å². The summed E-state index contributed by atoms with van der Waals surface area (Å²) in [7, 11) is 0. The topological polar surface area (TPSA) is 15.3 Å². The zero-order chi connectivity index (χ0) is 13.8. The molecule has 0 saturated carbocycles. The number of hydrogen-bond acceptors (Lipinski definition) is 2. The minimum atomic E-state index is 0.722. The highest BCUT2D eigenvalue weighted by Gasteiger charge is 2.29.